The van der Waals surface area contributed by atoms with Gasteiger partial charge in [0.2, 0.25) is 5.91 Å². The van der Waals surface area contributed by atoms with Crippen molar-refractivity contribution in [3.8, 4) is 0 Å². The van der Waals surface area contributed by atoms with Crippen LogP contribution in [0, 0.1) is 23.7 Å². The molecule has 2 aliphatic carbocycles. The van der Waals surface area contributed by atoms with Crippen molar-refractivity contribution in [3.05, 3.63) is 0 Å². The Bertz CT molecular complexity index is 349. The molecule has 1 saturated heterocycles. The minimum atomic E-state index is -0.755. The van der Waals surface area contributed by atoms with Gasteiger partial charge in [-0.15, -0.1) is 0 Å². The zero-order chi connectivity index (χ0) is 12.0. The Balaban J connectivity index is 1.80. The molecule has 1 aliphatic heterocycles. The zero-order valence-electron chi connectivity index (χ0n) is 9.97. The van der Waals surface area contributed by atoms with Gasteiger partial charge in [-0.1, -0.05) is 0 Å². The molecule has 0 spiro atoms. The quantitative estimate of drug-likeness (QED) is 0.788. The third kappa shape index (κ3) is 1.65. The predicted octanol–water partition coefficient (Wildman–Crippen LogP) is 1.36. The average Bonchev–Trinajstić information content (AvgIpc) is 3.02. The summed E-state index contributed by atoms with van der Waals surface area (Å²) in [5.74, 6) is -0.647. The first-order valence-corrected chi connectivity index (χ1v) is 6.70. The van der Waals surface area contributed by atoms with Crippen LogP contribution < -0.4 is 0 Å². The monoisotopic (exact) mass is 237 g/mol. The number of hydrogen-bond donors (Lipinski definition) is 1. The van der Waals surface area contributed by atoms with E-state index in [2.05, 4.69) is 0 Å². The van der Waals surface area contributed by atoms with Crippen molar-refractivity contribution in [2.24, 2.45) is 23.7 Å². The molecular formula is C13H19NO3. The number of carboxylic acid groups (broad SMARTS) is 1. The normalized spacial score (nSPS) is 39.9. The van der Waals surface area contributed by atoms with Crippen LogP contribution in [0.5, 0.6) is 0 Å². The average molecular weight is 237 g/mol. The second-order valence-electron chi connectivity index (χ2n) is 5.76. The van der Waals surface area contributed by atoms with E-state index in [1.165, 1.54) is 0 Å². The van der Waals surface area contributed by atoms with E-state index in [0.29, 0.717) is 5.92 Å². The lowest BCUT2D eigenvalue weighted by Crippen LogP contribution is -2.42. The van der Waals surface area contributed by atoms with Crippen LogP contribution >= 0.6 is 0 Å². The molecule has 3 fully saturated rings. The van der Waals surface area contributed by atoms with Gasteiger partial charge in [-0.05, 0) is 43.9 Å². The first kappa shape index (κ1) is 11.1. The summed E-state index contributed by atoms with van der Waals surface area (Å²) in [6.07, 6.45) is 5.17. The molecule has 94 valence electrons. The number of aliphatic carboxylic acids is 1. The molecule has 4 atom stereocenters. The van der Waals surface area contributed by atoms with Crippen LogP contribution in [0.2, 0.25) is 0 Å². The molecule has 4 nitrogen and oxygen atoms in total. The van der Waals surface area contributed by atoms with Gasteiger partial charge in [0.05, 0.1) is 11.8 Å². The van der Waals surface area contributed by atoms with E-state index in [4.69, 9.17) is 0 Å². The van der Waals surface area contributed by atoms with Gasteiger partial charge in [0.15, 0.2) is 0 Å². The Morgan fingerprint density at radius 2 is 1.59 bits per heavy atom. The highest BCUT2D eigenvalue weighted by Gasteiger charge is 2.54. The van der Waals surface area contributed by atoms with Crippen LogP contribution in [0.1, 0.15) is 32.1 Å². The lowest BCUT2D eigenvalue weighted by Gasteiger charge is -2.30. The maximum absolute atomic E-state index is 12.4. The third-order valence-corrected chi connectivity index (χ3v) is 4.90. The summed E-state index contributed by atoms with van der Waals surface area (Å²) in [6.45, 7) is 1.66. The number of rotatable bonds is 2. The minimum absolute atomic E-state index is 0.127. The summed E-state index contributed by atoms with van der Waals surface area (Å²) in [7, 11) is 0. The van der Waals surface area contributed by atoms with Gasteiger partial charge in [-0.3, -0.25) is 9.59 Å². The fourth-order valence-corrected chi connectivity index (χ4v) is 4.15. The van der Waals surface area contributed by atoms with E-state index in [1.54, 1.807) is 0 Å². The minimum Gasteiger partial charge on any atom is -0.481 e. The molecule has 0 radical (unpaired) electrons. The number of nitrogens with zero attached hydrogens (tertiary/aromatic N) is 1. The zero-order valence-corrected chi connectivity index (χ0v) is 9.97. The van der Waals surface area contributed by atoms with Gasteiger partial charge in [-0.25, -0.2) is 0 Å². The molecule has 2 bridgehead atoms. The number of carbonyl (C=O) groups is 2. The van der Waals surface area contributed by atoms with E-state index in [9.17, 15) is 14.7 Å². The number of carbonyl (C=O) groups excluding carboxylic acids is 1. The van der Waals surface area contributed by atoms with Crippen LogP contribution in [-0.4, -0.2) is 35.0 Å². The van der Waals surface area contributed by atoms with Gasteiger partial charge in [-0.2, -0.15) is 0 Å². The summed E-state index contributed by atoms with van der Waals surface area (Å²) in [6, 6.07) is 0. The number of amides is 1. The summed E-state index contributed by atoms with van der Waals surface area (Å²) in [4.78, 5) is 25.7. The second kappa shape index (κ2) is 4.00. The standard InChI is InChI=1S/C13H19NO3/c15-12(14-5-1-2-6-14)10-8-3-4-9(7-8)11(10)13(16)17/h8-11H,1-7H2,(H,16,17)/t8-,9-,10+,11+/m0/s1. The predicted molar refractivity (Wildman–Crippen MR) is 61.3 cm³/mol. The van der Waals surface area contributed by atoms with Gasteiger partial charge in [0.25, 0.3) is 0 Å². The van der Waals surface area contributed by atoms with E-state index in [-0.39, 0.29) is 17.7 Å². The Morgan fingerprint density at radius 3 is 2.18 bits per heavy atom. The molecule has 3 aliphatic rings. The third-order valence-electron chi connectivity index (χ3n) is 4.90. The van der Waals surface area contributed by atoms with Crippen molar-refractivity contribution < 1.29 is 14.7 Å². The van der Waals surface area contributed by atoms with Gasteiger partial charge >= 0.3 is 5.97 Å². The van der Waals surface area contributed by atoms with Crippen molar-refractivity contribution in [1.29, 1.82) is 0 Å². The molecule has 2 saturated carbocycles. The topological polar surface area (TPSA) is 57.6 Å². The second-order valence-corrected chi connectivity index (χ2v) is 5.76. The lowest BCUT2D eigenvalue weighted by atomic mass is 9.78. The maximum atomic E-state index is 12.4. The highest BCUT2D eigenvalue weighted by Crippen LogP contribution is 2.53. The molecule has 0 aromatic rings. The molecule has 3 rings (SSSR count). The first-order chi connectivity index (χ1) is 8.18. The highest BCUT2D eigenvalue weighted by atomic mass is 16.4. The highest BCUT2D eigenvalue weighted by molar-refractivity contribution is 5.86. The number of carboxylic acids is 1. The van der Waals surface area contributed by atoms with Crippen molar-refractivity contribution in [2.45, 2.75) is 32.1 Å². The van der Waals surface area contributed by atoms with Gasteiger partial charge in [0, 0.05) is 13.1 Å². The Hall–Kier alpha value is -1.06. The Kier molecular flexibility index (Phi) is 2.60. The molecular weight excluding hydrogens is 218 g/mol. The lowest BCUT2D eigenvalue weighted by molar-refractivity contribution is -0.152. The van der Waals surface area contributed by atoms with Gasteiger partial charge in [0.1, 0.15) is 0 Å². The van der Waals surface area contributed by atoms with Crippen LogP contribution in [0.3, 0.4) is 0 Å². The van der Waals surface area contributed by atoms with E-state index in [0.717, 1.165) is 45.2 Å². The molecule has 1 heterocycles. The largest absolute Gasteiger partial charge is 0.481 e. The summed E-state index contributed by atoms with van der Waals surface area (Å²) >= 11 is 0. The number of fused-ring (bicyclic) bond motifs is 2. The first-order valence-electron chi connectivity index (χ1n) is 6.70. The van der Waals surface area contributed by atoms with Crippen LogP contribution in [0.25, 0.3) is 0 Å². The molecule has 0 aromatic carbocycles. The van der Waals surface area contributed by atoms with Crippen LogP contribution in [0.15, 0.2) is 0 Å². The number of likely N-dealkylation sites (tertiary alicyclic amines) is 1. The van der Waals surface area contributed by atoms with Crippen molar-refractivity contribution >= 4 is 11.9 Å². The molecule has 4 heteroatoms. The number of hydrogen-bond acceptors (Lipinski definition) is 2. The fraction of sp³-hybridized carbons (Fsp3) is 0.846. The van der Waals surface area contributed by atoms with Crippen molar-refractivity contribution in [2.75, 3.05) is 13.1 Å². The summed E-state index contributed by atoms with van der Waals surface area (Å²) in [5.41, 5.74) is 0. The Morgan fingerprint density at radius 1 is 1.00 bits per heavy atom. The van der Waals surface area contributed by atoms with Crippen molar-refractivity contribution in [1.82, 2.24) is 4.90 Å². The summed E-state index contributed by atoms with van der Waals surface area (Å²) in [5, 5.41) is 9.33. The maximum Gasteiger partial charge on any atom is 0.307 e. The Labute approximate surface area is 101 Å². The molecule has 1 N–H and O–H groups in total. The van der Waals surface area contributed by atoms with Gasteiger partial charge < -0.3 is 10.0 Å². The van der Waals surface area contributed by atoms with E-state index < -0.39 is 11.9 Å². The smallest absolute Gasteiger partial charge is 0.307 e. The molecule has 0 aromatic heterocycles. The van der Waals surface area contributed by atoms with E-state index in [1.807, 2.05) is 4.90 Å². The fourth-order valence-electron chi connectivity index (χ4n) is 4.15. The van der Waals surface area contributed by atoms with Crippen LogP contribution in [-0.2, 0) is 9.59 Å². The SMILES string of the molecule is O=C(O)[C@@H]1[C@H]2CC[C@@H](C2)[C@H]1C(=O)N1CCCC1. The summed E-state index contributed by atoms with van der Waals surface area (Å²) < 4.78 is 0. The molecule has 1 amide bonds. The van der Waals surface area contributed by atoms with Crippen molar-refractivity contribution in [3.63, 3.8) is 0 Å². The molecule has 0 unspecified atom stereocenters. The van der Waals surface area contributed by atoms with E-state index >= 15 is 0 Å². The van der Waals surface area contributed by atoms with Crippen LogP contribution in [0.4, 0.5) is 0 Å². The molecule has 17 heavy (non-hydrogen) atoms.